The quantitative estimate of drug-likeness (QED) is 0.681. The van der Waals surface area contributed by atoms with Crippen LogP contribution in [0.25, 0.3) is 0 Å². The van der Waals surface area contributed by atoms with Gasteiger partial charge in [-0.25, -0.2) is 4.39 Å². The van der Waals surface area contributed by atoms with E-state index < -0.39 is 17.7 Å². The number of nitrogens with one attached hydrogen (secondary N) is 1. The summed E-state index contributed by atoms with van der Waals surface area (Å²) in [6.07, 6.45) is 1.44. The highest BCUT2D eigenvalue weighted by molar-refractivity contribution is 5.98. The van der Waals surface area contributed by atoms with Gasteiger partial charge in [-0.05, 0) is 30.9 Å². The summed E-state index contributed by atoms with van der Waals surface area (Å²) in [6.45, 7) is 2.47. The van der Waals surface area contributed by atoms with E-state index in [0.29, 0.717) is 18.7 Å². The minimum Gasteiger partial charge on any atom is -0.481 e. The smallest absolute Gasteiger partial charge is 0.303 e. The number of aliphatic carboxylic acids is 1. The number of halogens is 1. The molecular weight excluding hydrogens is 263 g/mol. The van der Waals surface area contributed by atoms with E-state index in [1.807, 2.05) is 6.92 Å². The summed E-state index contributed by atoms with van der Waals surface area (Å²) in [4.78, 5) is 21.6. The molecule has 110 valence electrons. The Kier molecular flexibility index (Phi) is 5.96. The maximum atomic E-state index is 13.5. The molecule has 5 nitrogen and oxygen atoms in total. The first-order valence-corrected chi connectivity index (χ1v) is 6.45. The minimum absolute atomic E-state index is 0.133. The summed E-state index contributed by atoms with van der Waals surface area (Å²) >= 11 is 0. The van der Waals surface area contributed by atoms with Crippen molar-refractivity contribution in [1.82, 2.24) is 0 Å². The maximum Gasteiger partial charge on any atom is 0.303 e. The zero-order chi connectivity index (χ0) is 15.1. The van der Waals surface area contributed by atoms with E-state index in [2.05, 4.69) is 5.32 Å². The van der Waals surface area contributed by atoms with Crippen LogP contribution in [0, 0.1) is 11.7 Å². The third-order valence-electron chi connectivity index (χ3n) is 3.06. The fraction of sp³-hybridized carbons (Fsp3) is 0.429. The van der Waals surface area contributed by atoms with Crippen molar-refractivity contribution in [2.75, 3.05) is 11.9 Å². The number of hydrogen-bond acceptors (Lipinski definition) is 3. The largest absolute Gasteiger partial charge is 0.481 e. The van der Waals surface area contributed by atoms with E-state index in [1.54, 1.807) is 6.07 Å². The summed E-state index contributed by atoms with van der Waals surface area (Å²) in [5.41, 5.74) is 5.36. The van der Waals surface area contributed by atoms with Gasteiger partial charge in [0.15, 0.2) is 0 Å². The summed E-state index contributed by atoms with van der Waals surface area (Å²) in [5, 5.41) is 11.6. The molecule has 6 heteroatoms. The average molecular weight is 282 g/mol. The SMILES string of the molecule is CC(CCNc1cccc(F)c1C(N)=O)CCC(=O)O. The summed E-state index contributed by atoms with van der Waals surface area (Å²) in [7, 11) is 0. The van der Waals surface area contributed by atoms with Crippen molar-refractivity contribution in [2.24, 2.45) is 11.7 Å². The lowest BCUT2D eigenvalue weighted by molar-refractivity contribution is -0.137. The molecule has 0 saturated heterocycles. The van der Waals surface area contributed by atoms with Crippen molar-refractivity contribution in [3.63, 3.8) is 0 Å². The number of carboxylic acids is 1. The molecule has 0 bridgehead atoms. The third-order valence-corrected chi connectivity index (χ3v) is 3.06. The summed E-state index contributed by atoms with van der Waals surface area (Å²) in [5.74, 6) is -2.05. The van der Waals surface area contributed by atoms with Gasteiger partial charge < -0.3 is 16.2 Å². The van der Waals surface area contributed by atoms with E-state index >= 15 is 0 Å². The predicted octanol–water partition coefficient (Wildman–Crippen LogP) is 2.23. The molecule has 0 fully saturated rings. The van der Waals surface area contributed by atoms with Gasteiger partial charge in [-0.3, -0.25) is 9.59 Å². The molecular formula is C14H19FN2O3. The van der Waals surface area contributed by atoms with E-state index in [0.717, 1.165) is 6.42 Å². The molecule has 0 aromatic heterocycles. The second-order valence-electron chi connectivity index (χ2n) is 4.78. The first-order chi connectivity index (χ1) is 9.41. The van der Waals surface area contributed by atoms with E-state index in [-0.39, 0.29) is 17.9 Å². The molecule has 1 aromatic carbocycles. The lowest BCUT2D eigenvalue weighted by Crippen LogP contribution is -2.17. The van der Waals surface area contributed by atoms with Gasteiger partial charge in [-0.1, -0.05) is 13.0 Å². The standard InChI is InChI=1S/C14H19FN2O3/c1-9(5-6-12(18)19)7-8-17-11-4-2-3-10(15)13(11)14(16)20/h2-4,9,17H,5-8H2,1H3,(H2,16,20)(H,18,19). The van der Waals surface area contributed by atoms with Crippen LogP contribution in [-0.4, -0.2) is 23.5 Å². The average Bonchev–Trinajstić information content (AvgIpc) is 2.36. The molecule has 1 rings (SSSR count). The Labute approximate surface area is 117 Å². The summed E-state index contributed by atoms with van der Waals surface area (Å²) < 4.78 is 13.5. The molecule has 0 heterocycles. The normalized spacial score (nSPS) is 11.9. The Bertz CT molecular complexity index is 491. The molecule has 1 amide bonds. The van der Waals surface area contributed by atoms with Gasteiger partial charge in [0.05, 0.1) is 5.56 Å². The molecule has 0 radical (unpaired) electrons. The number of primary amides is 1. The van der Waals surface area contributed by atoms with Crippen molar-refractivity contribution in [2.45, 2.75) is 26.2 Å². The van der Waals surface area contributed by atoms with Crippen molar-refractivity contribution >= 4 is 17.6 Å². The first-order valence-electron chi connectivity index (χ1n) is 6.45. The number of benzene rings is 1. The lowest BCUT2D eigenvalue weighted by Gasteiger charge is -2.13. The van der Waals surface area contributed by atoms with Gasteiger partial charge in [0, 0.05) is 18.7 Å². The Hall–Kier alpha value is -2.11. The highest BCUT2D eigenvalue weighted by atomic mass is 19.1. The van der Waals surface area contributed by atoms with Crippen LogP contribution in [0.3, 0.4) is 0 Å². The van der Waals surface area contributed by atoms with Gasteiger partial charge >= 0.3 is 5.97 Å². The Morgan fingerprint density at radius 2 is 2.10 bits per heavy atom. The van der Waals surface area contributed by atoms with Crippen molar-refractivity contribution in [1.29, 1.82) is 0 Å². The topological polar surface area (TPSA) is 92.4 Å². The summed E-state index contributed by atoms with van der Waals surface area (Å²) in [6, 6.07) is 4.27. The van der Waals surface area contributed by atoms with Crippen LogP contribution >= 0.6 is 0 Å². The number of amides is 1. The number of rotatable bonds is 8. The Morgan fingerprint density at radius 3 is 2.70 bits per heavy atom. The molecule has 0 aliphatic heterocycles. The number of anilines is 1. The fourth-order valence-corrected chi connectivity index (χ4v) is 1.89. The van der Waals surface area contributed by atoms with Gasteiger partial charge in [0.25, 0.3) is 5.91 Å². The van der Waals surface area contributed by atoms with Crippen LogP contribution in [0.2, 0.25) is 0 Å². The molecule has 4 N–H and O–H groups in total. The maximum absolute atomic E-state index is 13.5. The lowest BCUT2D eigenvalue weighted by atomic mass is 10.0. The molecule has 1 atom stereocenters. The number of nitrogens with two attached hydrogens (primary N) is 1. The molecule has 0 aliphatic carbocycles. The monoisotopic (exact) mass is 282 g/mol. The fourth-order valence-electron chi connectivity index (χ4n) is 1.89. The van der Waals surface area contributed by atoms with E-state index in [4.69, 9.17) is 10.8 Å². The highest BCUT2D eigenvalue weighted by Gasteiger charge is 2.13. The van der Waals surface area contributed by atoms with Crippen LogP contribution in [0.15, 0.2) is 18.2 Å². The van der Waals surface area contributed by atoms with Crippen LogP contribution in [0.4, 0.5) is 10.1 Å². The van der Waals surface area contributed by atoms with Gasteiger partial charge in [0.1, 0.15) is 5.82 Å². The molecule has 0 aliphatic rings. The molecule has 0 spiro atoms. The Balaban J connectivity index is 2.52. The van der Waals surface area contributed by atoms with Crippen molar-refractivity contribution in [3.05, 3.63) is 29.6 Å². The van der Waals surface area contributed by atoms with Crippen molar-refractivity contribution in [3.8, 4) is 0 Å². The first kappa shape index (κ1) is 15.9. The van der Waals surface area contributed by atoms with Crippen LogP contribution in [-0.2, 0) is 4.79 Å². The Morgan fingerprint density at radius 1 is 1.40 bits per heavy atom. The number of hydrogen-bond donors (Lipinski definition) is 3. The number of carbonyl (C=O) groups is 2. The van der Waals surface area contributed by atoms with E-state index in [1.165, 1.54) is 12.1 Å². The molecule has 1 unspecified atom stereocenters. The minimum atomic E-state index is -0.815. The predicted molar refractivity (Wildman–Crippen MR) is 74.1 cm³/mol. The second-order valence-corrected chi connectivity index (χ2v) is 4.78. The van der Waals surface area contributed by atoms with Gasteiger partial charge in [0.2, 0.25) is 0 Å². The highest BCUT2D eigenvalue weighted by Crippen LogP contribution is 2.19. The molecule has 20 heavy (non-hydrogen) atoms. The third kappa shape index (κ3) is 4.87. The van der Waals surface area contributed by atoms with E-state index in [9.17, 15) is 14.0 Å². The molecule has 1 aromatic rings. The molecule has 0 saturated carbocycles. The van der Waals surface area contributed by atoms with Crippen LogP contribution < -0.4 is 11.1 Å². The number of carboxylic acid groups (broad SMARTS) is 1. The zero-order valence-electron chi connectivity index (χ0n) is 11.4. The van der Waals surface area contributed by atoms with Crippen LogP contribution in [0.5, 0.6) is 0 Å². The van der Waals surface area contributed by atoms with Crippen LogP contribution in [0.1, 0.15) is 36.5 Å². The van der Waals surface area contributed by atoms with Gasteiger partial charge in [-0.15, -0.1) is 0 Å². The zero-order valence-corrected chi connectivity index (χ0v) is 11.4. The number of carbonyl (C=O) groups excluding carboxylic acids is 1. The van der Waals surface area contributed by atoms with Crippen molar-refractivity contribution < 1.29 is 19.1 Å². The second kappa shape index (κ2) is 7.47. The van der Waals surface area contributed by atoms with Gasteiger partial charge in [-0.2, -0.15) is 0 Å².